The molecule has 0 aliphatic heterocycles. The summed E-state index contributed by atoms with van der Waals surface area (Å²) >= 11 is 2.02. The molecule has 2 unspecified atom stereocenters. The van der Waals surface area contributed by atoms with Gasteiger partial charge in [0.1, 0.15) is 5.78 Å². The maximum absolute atomic E-state index is 12.5. The van der Waals surface area contributed by atoms with Crippen LogP contribution in [0, 0.1) is 34.5 Å². The van der Waals surface area contributed by atoms with E-state index in [9.17, 15) is 9.90 Å². The third-order valence-electron chi connectivity index (χ3n) is 8.46. The fourth-order valence-electron chi connectivity index (χ4n) is 7.35. The van der Waals surface area contributed by atoms with E-state index in [2.05, 4.69) is 13.2 Å². The molecule has 4 aliphatic rings. The maximum atomic E-state index is 12.5. The monoisotopic (exact) mass is 336 g/mol. The standard InChI is InChI=1S/C20H32O2S/c1-19-9-8-17-15(16(19)5-6-18(19)22)4-3-13-11-14(21)7-10-20(13,17)12-23-2/h13-17,21H,3-12H2,1-2H3/t13?,14?,15-,16-,17+,19-,20+/m0/s1. The molecule has 4 fully saturated rings. The van der Waals surface area contributed by atoms with Crippen LogP contribution in [0.25, 0.3) is 0 Å². The van der Waals surface area contributed by atoms with Crippen LogP contribution in [0.1, 0.15) is 64.7 Å². The third-order valence-corrected chi connectivity index (χ3v) is 9.28. The van der Waals surface area contributed by atoms with Crippen LogP contribution in [0.3, 0.4) is 0 Å². The Morgan fingerprint density at radius 3 is 2.74 bits per heavy atom. The van der Waals surface area contributed by atoms with Crippen molar-refractivity contribution in [2.24, 2.45) is 34.5 Å². The van der Waals surface area contributed by atoms with Crippen LogP contribution in [-0.4, -0.2) is 29.0 Å². The highest BCUT2D eigenvalue weighted by molar-refractivity contribution is 7.98. The molecule has 0 amide bonds. The Morgan fingerprint density at radius 2 is 1.96 bits per heavy atom. The van der Waals surface area contributed by atoms with E-state index >= 15 is 0 Å². The number of fused-ring (bicyclic) bond motifs is 5. The lowest BCUT2D eigenvalue weighted by molar-refractivity contribution is -0.141. The van der Waals surface area contributed by atoms with Crippen LogP contribution in [0.2, 0.25) is 0 Å². The highest BCUT2D eigenvalue weighted by atomic mass is 32.2. The normalized spacial score (nSPS) is 52.7. The number of ketones is 1. The molecule has 3 heteroatoms. The number of aliphatic hydroxyl groups excluding tert-OH is 1. The summed E-state index contributed by atoms with van der Waals surface area (Å²) in [5.41, 5.74) is 0.456. The maximum Gasteiger partial charge on any atom is 0.139 e. The van der Waals surface area contributed by atoms with Gasteiger partial charge in [0, 0.05) is 11.8 Å². The second kappa shape index (κ2) is 5.76. The van der Waals surface area contributed by atoms with Gasteiger partial charge in [-0.3, -0.25) is 4.79 Å². The molecular weight excluding hydrogens is 304 g/mol. The summed E-state index contributed by atoms with van der Waals surface area (Å²) in [5, 5.41) is 10.2. The molecule has 2 nitrogen and oxygen atoms in total. The molecule has 1 N–H and O–H groups in total. The predicted octanol–water partition coefficient (Wildman–Crippen LogP) is 4.30. The van der Waals surface area contributed by atoms with Crippen LogP contribution in [-0.2, 0) is 4.79 Å². The molecule has 0 heterocycles. The highest BCUT2D eigenvalue weighted by Gasteiger charge is 2.61. The van der Waals surface area contributed by atoms with Crippen molar-refractivity contribution in [3.63, 3.8) is 0 Å². The average molecular weight is 337 g/mol. The first-order chi connectivity index (χ1) is 11.0. The lowest BCUT2D eigenvalue weighted by Gasteiger charge is -2.61. The van der Waals surface area contributed by atoms with Crippen molar-refractivity contribution in [2.45, 2.75) is 70.8 Å². The number of carbonyl (C=O) groups excluding carboxylic acids is 1. The molecular formula is C20H32O2S. The molecule has 0 saturated heterocycles. The van der Waals surface area contributed by atoms with E-state index in [0.29, 0.717) is 17.1 Å². The minimum Gasteiger partial charge on any atom is -0.393 e. The Kier molecular flexibility index (Phi) is 4.12. The van der Waals surface area contributed by atoms with Crippen molar-refractivity contribution >= 4 is 17.5 Å². The molecule has 0 aromatic rings. The molecule has 4 aliphatic carbocycles. The molecule has 23 heavy (non-hydrogen) atoms. The second-order valence-corrected chi connectivity index (χ2v) is 10.0. The Balaban J connectivity index is 1.66. The van der Waals surface area contributed by atoms with Crippen molar-refractivity contribution in [2.75, 3.05) is 12.0 Å². The van der Waals surface area contributed by atoms with Crippen molar-refractivity contribution in [3.8, 4) is 0 Å². The topological polar surface area (TPSA) is 37.3 Å². The van der Waals surface area contributed by atoms with Crippen molar-refractivity contribution < 1.29 is 9.90 Å². The molecule has 0 spiro atoms. The van der Waals surface area contributed by atoms with Crippen LogP contribution in [0.4, 0.5) is 0 Å². The number of hydrogen-bond donors (Lipinski definition) is 1. The first-order valence-electron chi connectivity index (χ1n) is 9.71. The molecule has 7 atom stereocenters. The second-order valence-electron chi connectivity index (χ2n) is 9.16. The lowest BCUT2D eigenvalue weighted by Crippen LogP contribution is -2.56. The van der Waals surface area contributed by atoms with Gasteiger partial charge >= 0.3 is 0 Å². The first-order valence-corrected chi connectivity index (χ1v) is 11.1. The molecule has 0 aromatic heterocycles. The Morgan fingerprint density at radius 1 is 1.13 bits per heavy atom. The smallest absolute Gasteiger partial charge is 0.139 e. The van der Waals surface area contributed by atoms with E-state index in [1.54, 1.807) is 0 Å². The molecule has 0 aromatic carbocycles. The van der Waals surface area contributed by atoms with Gasteiger partial charge in [-0.15, -0.1) is 0 Å². The lowest BCUT2D eigenvalue weighted by atomic mass is 9.45. The van der Waals surface area contributed by atoms with Gasteiger partial charge in [0.2, 0.25) is 0 Å². The SMILES string of the molecule is CSC[C@]12CCC(O)CC1CC[C@@H]1[C@H]2CC[C@]2(C)C(=O)CC[C@@H]12. The number of rotatable bonds is 2. The summed E-state index contributed by atoms with van der Waals surface area (Å²) < 4.78 is 0. The van der Waals surface area contributed by atoms with E-state index < -0.39 is 0 Å². The van der Waals surface area contributed by atoms with Crippen LogP contribution in [0.15, 0.2) is 0 Å². The number of Topliss-reactive ketones (excluding diaryl/α,β-unsaturated/α-hetero) is 1. The minimum absolute atomic E-state index is 0.00271. The van der Waals surface area contributed by atoms with Gasteiger partial charge in [-0.1, -0.05) is 6.92 Å². The van der Waals surface area contributed by atoms with Gasteiger partial charge in [-0.25, -0.2) is 0 Å². The van der Waals surface area contributed by atoms with Gasteiger partial charge in [0.05, 0.1) is 6.10 Å². The van der Waals surface area contributed by atoms with Gasteiger partial charge in [-0.05, 0) is 92.5 Å². The van der Waals surface area contributed by atoms with Crippen LogP contribution in [0.5, 0.6) is 0 Å². The zero-order valence-electron chi connectivity index (χ0n) is 14.7. The Bertz CT molecular complexity index is 492. The van der Waals surface area contributed by atoms with Crippen molar-refractivity contribution in [1.82, 2.24) is 0 Å². The fourth-order valence-corrected chi connectivity index (χ4v) is 8.48. The van der Waals surface area contributed by atoms with E-state index in [-0.39, 0.29) is 11.5 Å². The van der Waals surface area contributed by atoms with Gasteiger partial charge < -0.3 is 5.11 Å². The van der Waals surface area contributed by atoms with E-state index in [0.717, 1.165) is 49.9 Å². The quantitative estimate of drug-likeness (QED) is 0.817. The largest absolute Gasteiger partial charge is 0.393 e. The molecule has 4 saturated carbocycles. The minimum atomic E-state index is -0.0616. The molecule has 0 radical (unpaired) electrons. The van der Waals surface area contributed by atoms with Gasteiger partial charge in [0.15, 0.2) is 0 Å². The Hall–Kier alpha value is -0.0200. The summed E-state index contributed by atoms with van der Waals surface area (Å²) in [6, 6.07) is 0. The summed E-state index contributed by atoms with van der Waals surface area (Å²) in [7, 11) is 0. The van der Waals surface area contributed by atoms with Gasteiger partial charge in [0.25, 0.3) is 0 Å². The zero-order chi connectivity index (χ0) is 16.2. The summed E-state index contributed by atoms with van der Waals surface area (Å²) in [6.07, 6.45) is 12.4. The van der Waals surface area contributed by atoms with E-state index in [4.69, 9.17) is 0 Å². The Labute approximate surface area is 145 Å². The number of carbonyl (C=O) groups is 1. The molecule has 4 rings (SSSR count). The highest BCUT2D eigenvalue weighted by Crippen LogP contribution is 2.66. The van der Waals surface area contributed by atoms with Crippen LogP contribution >= 0.6 is 11.8 Å². The number of aliphatic hydroxyl groups is 1. The van der Waals surface area contributed by atoms with Gasteiger partial charge in [-0.2, -0.15) is 11.8 Å². The summed E-state index contributed by atoms with van der Waals surface area (Å²) in [4.78, 5) is 12.5. The number of thioether (sulfide) groups is 1. The average Bonchev–Trinajstić information content (AvgIpc) is 2.84. The summed E-state index contributed by atoms with van der Waals surface area (Å²) in [6.45, 7) is 2.28. The zero-order valence-corrected chi connectivity index (χ0v) is 15.5. The third kappa shape index (κ3) is 2.28. The van der Waals surface area contributed by atoms with Crippen molar-refractivity contribution in [1.29, 1.82) is 0 Å². The number of hydrogen-bond acceptors (Lipinski definition) is 3. The first kappa shape index (κ1) is 16.4. The molecule has 130 valence electrons. The van der Waals surface area contributed by atoms with Crippen molar-refractivity contribution in [3.05, 3.63) is 0 Å². The molecule has 0 bridgehead atoms. The summed E-state index contributed by atoms with van der Waals surface area (Å²) in [5.74, 6) is 4.79. The predicted molar refractivity (Wildman–Crippen MR) is 95.4 cm³/mol. The fraction of sp³-hybridized carbons (Fsp3) is 0.950. The van der Waals surface area contributed by atoms with Crippen LogP contribution < -0.4 is 0 Å². The van der Waals surface area contributed by atoms with E-state index in [1.165, 1.54) is 31.4 Å². The van der Waals surface area contributed by atoms with E-state index in [1.807, 2.05) is 11.8 Å².